The highest BCUT2D eigenvalue weighted by molar-refractivity contribution is 5.40. The molecule has 1 N–H and O–H groups in total. The summed E-state index contributed by atoms with van der Waals surface area (Å²) in [7, 11) is 0. The zero-order valence-corrected chi connectivity index (χ0v) is 12.4. The van der Waals surface area contributed by atoms with Crippen LogP contribution in [0.3, 0.4) is 0 Å². The second-order valence-electron chi connectivity index (χ2n) is 5.57. The monoisotopic (exact) mass is 262 g/mol. The number of nitrogens with one attached hydrogen (secondary N) is 1. The van der Waals surface area contributed by atoms with Crippen molar-refractivity contribution in [1.29, 1.82) is 0 Å². The fourth-order valence-corrected chi connectivity index (χ4v) is 2.78. The smallest absolute Gasteiger partial charge is 0.132 e. The maximum absolute atomic E-state index is 4.58. The minimum Gasteiger partial charge on any atom is -0.356 e. The summed E-state index contributed by atoms with van der Waals surface area (Å²) in [5.41, 5.74) is 1.06. The normalized spacial score (nSPS) is 19.7. The molecule has 0 aliphatic carbocycles. The van der Waals surface area contributed by atoms with Gasteiger partial charge in [-0.25, -0.2) is 9.97 Å². The van der Waals surface area contributed by atoms with Gasteiger partial charge in [0.2, 0.25) is 0 Å². The predicted octanol–water partition coefficient (Wildman–Crippen LogP) is 2.31. The number of hydrogen-bond acceptors (Lipinski definition) is 4. The van der Waals surface area contributed by atoms with E-state index in [9.17, 15) is 0 Å². The number of hydrogen-bond donors (Lipinski definition) is 1. The van der Waals surface area contributed by atoms with E-state index in [1.807, 2.05) is 13.8 Å². The number of rotatable bonds is 5. The van der Waals surface area contributed by atoms with Crippen molar-refractivity contribution in [2.45, 2.75) is 40.0 Å². The van der Waals surface area contributed by atoms with Crippen LogP contribution in [-0.2, 0) is 0 Å². The molecule has 4 nitrogen and oxygen atoms in total. The van der Waals surface area contributed by atoms with Crippen LogP contribution in [0.2, 0.25) is 0 Å². The van der Waals surface area contributed by atoms with Crippen LogP contribution in [0.1, 0.15) is 37.7 Å². The first-order valence-electron chi connectivity index (χ1n) is 7.47. The highest BCUT2D eigenvalue weighted by atomic mass is 15.2. The van der Waals surface area contributed by atoms with E-state index in [1.54, 1.807) is 0 Å². The molecule has 1 aromatic rings. The lowest BCUT2D eigenvalue weighted by Gasteiger charge is -2.34. The molecule has 1 aromatic heterocycles. The van der Waals surface area contributed by atoms with Crippen molar-refractivity contribution < 1.29 is 0 Å². The predicted molar refractivity (Wildman–Crippen MR) is 79.6 cm³/mol. The van der Waals surface area contributed by atoms with Crippen LogP contribution in [0.4, 0.5) is 5.82 Å². The SMILES string of the molecule is CCCNCC1CCCN(c2cc(C)nc(C)n2)C1. The third-order valence-electron chi connectivity index (χ3n) is 3.66. The molecule has 19 heavy (non-hydrogen) atoms. The third-order valence-corrected chi connectivity index (χ3v) is 3.66. The average Bonchev–Trinajstić information content (AvgIpc) is 2.38. The van der Waals surface area contributed by atoms with E-state index >= 15 is 0 Å². The summed E-state index contributed by atoms with van der Waals surface area (Å²) in [6.07, 6.45) is 3.80. The van der Waals surface area contributed by atoms with E-state index in [0.29, 0.717) is 0 Å². The number of aryl methyl sites for hydroxylation is 2. The molecule has 106 valence electrons. The standard InChI is InChI=1S/C15H26N4/c1-4-7-16-10-14-6-5-8-19(11-14)15-9-12(2)17-13(3)18-15/h9,14,16H,4-8,10-11H2,1-3H3. The Morgan fingerprint density at radius 3 is 2.95 bits per heavy atom. The Hall–Kier alpha value is -1.16. The van der Waals surface area contributed by atoms with Gasteiger partial charge in [0.15, 0.2) is 0 Å². The molecular formula is C15H26N4. The number of nitrogens with zero attached hydrogens (tertiary/aromatic N) is 3. The van der Waals surface area contributed by atoms with Crippen molar-refractivity contribution in [3.8, 4) is 0 Å². The van der Waals surface area contributed by atoms with E-state index < -0.39 is 0 Å². The average molecular weight is 262 g/mol. The van der Waals surface area contributed by atoms with Crippen molar-refractivity contribution in [3.05, 3.63) is 17.6 Å². The summed E-state index contributed by atoms with van der Waals surface area (Å²) in [5.74, 6) is 2.72. The first kappa shape index (κ1) is 14.3. The van der Waals surface area contributed by atoms with Gasteiger partial charge in [0.1, 0.15) is 11.6 Å². The number of aromatic nitrogens is 2. The van der Waals surface area contributed by atoms with Crippen molar-refractivity contribution in [3.63, 3.8) is 0 Å². The lowest BCUT2D eigenvalue weighted by atomic mass is 9.98. The lowest BCUT2D eigenvalue weighted by Crippen LogP contribution is -2.40. The Labute approximate surface area is 116 Å². The number of piperidine rings is 1. The largest absolute Gasteiger partial charge is 0.356 e. The first-order valence-corrected chi connectivity index (χ1v) is 7.47. The van der Waals surface area contributed by atoms with Gasteiger partial charge in [0.25, 0.3) is 0 Å². The molecule has 1 saturated heterocycles. The van der Waals surface area contributed by atoms with Gasteiger partial charge in [-0.2, -0.15) is 0 Å². The van der Waals surface area contributed by atoms with Gasteiger partial charge in [0, 0.05) is 24.8 Å². The highest BCUT2D eigenvalue weighted by Gasteiger charge is 2.20. The van der Waals surface area contributed by atoms with Crippen LogP contribution in [0, 0.1) is 19.8 Å². The minimum absolute atomic E-state index is 0.746. The molecule has 2 rings (SSSR count). The van der Waals surface area contributed by atoms with Gasteiger partial charge in [-0.15, -0.1) is 0 Å². The van der Waals surface area contributed by atoms with Gasteiger partial charge >= 0.3 is 0 Å². The van der Waals surface area contributed by atoms with Crippen molar-refractivity contribution in [1.82, 2.24) is 15.3 Å². The Balaban J connectivity index is 1.96. The molecule has 2 heterocycles. The molecule has 4 heteroatoms. The Morgan fingerprint density at radius 1 is 1.37 bits per heavy atom. The summed E-state index contributed by atoms with van der Waals surface area (Å²) in [5, 5.41) is 3.54. The molecule has 0 bridgehead atoms. The van der Waals surface area contributed by atoms with Crippen molar-refractivity contribution >= 4 is 5.82 Å². The van der Waals surface area contributed by atoms with Crippen LogP contribution in [0.15, 0.2) is 6.07 Å². The quantitative estimate of drug-likeness (QED) is 0.827. The maximum Gasteiger partial charge on any atom is 0.132 e. The Kier molecular flexibility index (Phi) is 5.14. The van der Waals surface area contributed by atoms with Crippen LogP contribution in [0.5, 0.6) is 0 Å². The molecule has 0 amide bonds. The molecule has 0 aromatic carbocycles. The van der Waals surface area contributed by atoms with E-state index in [4.69, 9.17) is 0 Å². The number of anilines is 1. The summed E-state index contributed by atoms with van der Waals surface area (Å²) < 4.78 is 0. The summed E-state index contributed by atoms with van der Waals surface area (Å²) in [6, 6.07) is 2.11. The van der Waals surface area contributed by atoms with Crippen LogP contribution >= 0.6 is 0 Å². The van der Waals surface area contributed by atoms with E-state index in [-0.39, 0.29) is 0 Å². The zero-order valence-electron chi connectivity index (χ0n) is 12.4. The molecule has 1 unspecified atom stereocenters. The fraction of sp³-hybridized carbons (Fsp3) is 0.733. The van der Waals surface area contributed by atoms with Crippen molar-refractivity contribution in [2.24, 2.45) is 5.92 Å². The second kappa shape index (κ2) is 6.85. The molecule has 0 saturated carbocycles. The molecule has 1 atom stereocenters. The molecule has 1 aliphatic rings. The van der Waals surface area contributed by atoms with Gasteiger partial charge in [0.05, 0.1) is 0 Å². The zero-order chi connectivity index (χ0) is 13.7. The maximum atomic E-state index is 4.58. The Morgan fingerprint density at radius 2 is 2.21 bits per heavy atom. The summed E-state index contributed by atoms with van der Waals surface area (Å²) in [6.45, 7) is 10.7. The third kappa shape index (κ3) is 4.16. The van der Waals surface area contributed by atoms with Gasteiger partial charge < -0.3 is 10.2 Å². The molecule has 0 spiro atoms. The van der Waals surface area contributed by atoms with E-state index in [1.165, 1.54) is 19.3 Å². The van der Waals surface area contributed by atoms with Gasteiger partial charge in [-0.3, -0.25) is 0 Å². The van der Waals surface area contributed by atoms with Gasteiger partial charge in [-0.05, 0) is 52.1 Å². The summed E-state index contributed by atoms with van der Waals surface area (Å²) in [4.78, 5) is 11.4. The van der Waals surface area contributed by atoms with Crippen LogP contribution < -0.4 is 10.2 Å². The fourth-order valence-electron chi connectivity index (χ4n) is 2.78. The molecule has 1 aliphatic heterocycles. The lowest BCUT2D eigenvalue weighted by molar-refractivity contribution is 0.391. The van der Waals surface area contributed by atoms with Gasteiger partial charge in [-0.1, -0.05) is 6.92 Å². The topological polar surface area (TPSA) is 41.0 Å². The molecular weight excluding hydrogens is 236 g/mol. The Bertz CT molecular complexity index is 385. The first-order chi connectivity index (χ1) is 9.19. The summed E-state index contributed by atoms with van der Waals surface area (Å²) >= 11 is 0. The highest BCUT2D eigenvalue weighted by Crippen LogP contribution is 2.21. The minimum atomic E-state index is 0.746. The van der Waals surface area contributed by atoms with Crippen LogP contribution in [0.25, 0.3) is 0 Å². The van der Waals surface area contributed by atoms with Crippen LogP contribution in [-0.4, -0.2) is 36.1 Å². The molecule has 0 radical (unpaired) electrons. The van der Waals surface area contributed by atoms with E-state index in [0.717, 1.165) is 49.4 Å². The second-order valence-corrected chi connectivity index (χ2v) is 5.57. The molecule has 1 fully saturated rings. The van der Waals surface area contributed by atoms with Crippen molar-refractivity contribution in [2.75, 3.05) is 31.1 Å². The van der Waals surface area contributed by atoms with E-state index in [2.05, 4.69) is 33.2 Å².